The van der Waals surface area contributed by atoms with Crippen LogP contribution in [-0.4, -0.2) is 32.2 Å². The third-order valence-electron chi connectivity index (χ3n) is 13.4. The highest BCUT2D eigenvalue weighted by molar-refractivity contribution is 7.30. The summed E-state index contributed by atoms with van der Waals surface area (Å²) in [5, 5.41) is 12.4. The van der Waals surface area contributed by atoms with Gasteiger partial charge in [0.25, 0.3) is 0 Å². The van der Waals surface area contributed by atoms with E-state index in [1.165, 1.54) is 52.4 Å². The van der Waals surface area contributed by atoms with E-state index in [-0.39, 0.29) is 0 Å². The van der Waals surface area contributed by atoms with E-state index in [2.05, 4.69) is 197 Å². The minimum atomic E-state index is -3.36. The summed E-state index contributed by atoms with van der Waals surface area (Å²) < 4.78 is 14.2. The van der Waals surface area contributed by atoms with Crippen LogP contribution in [0.15, 0.2) is 217 Å². The maximum Gasteiger partial charge on any atom is 0.230 e. The maximum atomic E-state index is 7.12. The van der Waals surface area contributed by atoms with Crippen molar-refractivity contribution < 1.29 is 4.42 Å². The Hall–Kier alpha value is -8.17. The third kappa shape index (κ3) is 5.12. The molecule has 7 heterocycles. The van der Waals surface area contributed by atoms with Crippen LogP contribution in [0, 0.1) is 0 Å². The smallest absolute Gasteiger partial charge is 0.230 e. The van der Waals surface area contributed by atoms with Gasteiger partial charge in [-0.05, 0) is 89.2 Å². The number of hydrogen-bond acceptors (Lipinski definition) is 5. The van der Waals surface area contributed by atoms with E-state index < -0.39 is 8.07 Å². The second-order valence-corrected chi connectivity index (χ2v) is 21.4. The summed E-state index contributed by atoms with van der Waals surface area (Å²) in [7, 11) is -3.36. The number of nitrogens with zero attached hydrogens (tertiary/aromatic N) is 5. The van der Waals surface area contributed by atoms with Crippen LogP contribution in [0.1, 0.15) is 0 Å². The summed E-state index contributed by atoms with van der Waals surface area (Å²) in [6.45, 7) is 0. The van der Waals surface area contributed by atoms with Gasteiger partial charge in [0, 0.05) is 72.4 Å². The SMILES string of the molecule is c1ccc([Si](c2ccccc2)(c2nccc3c2oc2ccc(-n4c5ccccc5c5ncccc54)cc23)c2nccc3c2sc2ccc(-n4c5ccccc5c5ccccc54)cc23)cc1. The molecule has 0 atom stereocenters. The molecular formula is C57H35N5OSSi. The van der Waals surface area contributed by atoms with Crippen molar-refractivity contribution in [1.29, 1.82) is 0 Å². The lowest BCUT2D eigenvalue weighted by Gasteiger charge is -2.32. The number of benzene rings is 7. The van der Waals surface area contributed by atoms with E-state index in [0.29, 0.717) is 0 Å². The van der Waals surface area contributed by atoms with Crippen molar-refractivity contribution in [1.82, 2.24) is 24.1 Å². The van der Waals surface area contributed by atoms with Crippen molar-refractivity contribution in [2.24, 2.45) is 0 Å². The summed E-state index contributed by atoms with van der Waals surface area (Å²) in [5.74, 6) is 0. The van der Waals surface area contributed by atoms with Gasteiger partial charge in [-0.3, -0.25) is 15.0 Å². The van der Waals surface area contributed by atoms with Crippen molar-refractivity contribution in [3.8, 4) is 11.4 Å². The lowest BCUT2D eigenvalue weighted by Crippen LogP contribution is -2.76. The molecule has 14 aromatic rings. The third-order valence-corrected chi connectivity index (χ3v) is 19.3. The summed E-state index contributed by atoms with van der Waals surface area (Å²) in [6, 6.07) is 69.7. The Morgan fingerprint density at radius 3 is 1.66 bits per heavy atom. The lowest BCUT2D eigenvalue weighted by atomic mass is 10.1. The molecule has 0 unspecified atom stereocenters. The summed E-state index contributed by atoms with van der Waals surface area (Å²) in [6.07, 6.45) is 5.85. The molecule has 65 heavy (non-hydrogen) atoms. The van der Waals surface area contributed by atoms with Crippen LogP contribution >= 0.6 is 11.3 Å². The van der Waals surface area contributed by atoms with E-state index in [1.807, 2.05) is 36.0 Å². The molecule has 7 aromatic heterocycles. The average Bonchev–Trinajstić information content (AvgIpc) is 4.13. The van der Waals surface area contributed by atoms with Gasteiger partial charge >= 0.3 is 0 Å². The molecule has 0 aliphatic rings. The molecular weight excluding hydrogens is 831 g/mol. The molecule has 14 rings (SSSR count). The number of furan rings is 1. The Morgan fingerprint density at radius 1 is 0.400 bits per heavy atom. The van der Waals surface area contributed by atoms with Crippen LogP contribution in [0.4, 0.5) is 0 Å². The molecule has 304 valence electrons. The first kappa shape index (κ1) is 36.3. The number of rotatable bonds is 6. The molecule has 0 amide bonds. The Kier molecular flexibility index (Phi) is 7.77. The van der Waals surface area contributed by atoms with Crippen molar-refractivity contribution in [3.63, 3.8) is 0 Å². The summed E-state index contributed by atoms with van der Waals surface area (Å²) in [4.78, 5) is 15.7. The molecule has 0 radical (unpaired) electrons. The van der Waals surface area contributed by atoms with Gasteiger partial charge in [-0.25, -0.2) is 0 Å². The zero-order valence-corrected chi connectivity index (χ0v) is 36.6. The maximum absolute atomic E-state index is 7.12. The fourth-order valence-electron chi connectivity index (χ4n) is 10.7. The van der Waals surface area contributed by atoms with Gasteiger partial charge in [0.2, 0.25) is 8.07 Å². The molecule has 0 aliphatic carbocycles. The van der Waals surface area contributed by atoms with E-state index in [4.69, 9.17) is 19.4 Å². The number of aromatic nitrogens is 5. The van der Waals surface area contributed by atoms with Crippen LogP contribution in [0.3, 0.4) is 0 Å². The van der Waals surface area contributed by atoms with E-state index in [0.717, 1.165) is 65.9 Å². The molecule has 0 bridgehead atoms. The van der Waals surface area contributed by atoms with Crippen LogP contribution < -0.4 is 21.0 Å². The van der Waals surface area contributed by atoms with E-state index in [9.17, 15) is 0 Å². The summed E-state index contributed by atoms with van der Waals surface area (Å²) in [5.41, 5.74) is 9.32. The second-order valence-electron chi connectivity index (χ2n) is 16.7. The highest BCUT2D eigenvalue weighted by Gasteiger charge is 2.48. The Labute approximate surface area is 376 Å². The van der Waals surface area contributed by atoms with Crippen molar-refractivity contribution >= 4 is 126 Å². The van der Waals surface area contributed by atoms with Crippen molar-refractivity contribution in [3.05, 3.63) is 213 Å². The number of para-hydroxylation sites is 3. The number of fused-ring (bicyclic) bond motifs is 12. The standard InChI is InChI=1S/C57H35N5OSSi/c1-3-14-38(15-4-1)65(39-16-5-2-6-17-39,56-54-42(29-32-59-56)45-34-36(25-27-51(45)63-54)62-49-23-12-9-20-44(49)53-50(62)24-13-31-58-53)57-55-43(30-33-60-57)46-35-37(26-28-52(46)64-55)61-47-21-10-7-18-40(47)41-19-8-11-22-48(41)61/h1-35H. The van der Waals surface area contributed by atoms with Gasteiger partial charge < -0.3 is 13.6 Å². The van der Waals surface area contributed by atoms with Gasteiger partial charge in [-0.15, -0.1) is 11.3 Å². The molecule has 0 saturated carbocycles. The first-order valence-corrected chi connectivity index (χ1v) is 24.6. The second kappa shape index (κ2) is 13.9. The van der Waals surface area contributed by atoms with E-state index in [1.54, 1.807) is 0 Å². The zero-order valence-electron chi connectivity index (χ0n) is 34.8. The Balaban J connectivity index is 1.04. The quantitative estimate of drug-likeness (QED) is 0.156. The fraction of sp³-hybridized carbons (Fsp3) is 0. The largest absolute Gasteiger partial charge is 0.455 e. The minimum absolute atomic E-state index is 0.788. The molecule has 0 spiro atoms. The summed E-state index contributed by atoms with van der Waals surface area (Å²) >= 11 is 1.82. The van der Waals surface area contributed by atoms with Crippen LogP contribution in [0.25, 0.3) is 97.2 Å². The molecule has 6 nitrogen and oxygen atoms in total. The number of pyridine rings is 3. The van der Waals surface area contributed by atoms with Crippen LogP contribution in [-0.2, 0) is 0 Å². The molecule has 0 saturated heterocycles. The predicted octanol–water partition coefficient (Wildman–Crippen LogP) is 11.7. The molecule has 7 aromatic carbocycles. The van der Waals surface area contributed by atoms with Crippen molar-refractivity contribution in [2.75, 3.05) is 0 Å². The minimum Gasteiger partial charge on any atom is -0.455 e. The van der Waals surface area contributed by atoms with Crippen LogP contribution in [0.5, 0.6) is 0 Å². The number of hydrogen-bond donors (Lipinski definition) is 0. The highest BCUT2D eigenvalue weighted by Crippen LogP contribution is 2.39. The fourth-order valence-corrected chi connectivity index (χ4v) is 16.9. The first-order valence-electron chi connectivity index (χ1n) is 21.8. The zero-order chi connectivity index (χ0) is 42.6. The van der Waals surface area contributed by atoms with Gasteiger partial charge in [-0.1, -0.05) is 115 Å². The highest BCUT2D eigenvalue weighted by atomic mass is 32.1. The van der Waals surface area contributed by atoms with Crippen molar-refractivity contribution in [2.45, 2.75) is 0 Å². The predicted molar refractivity (Wildman–Crippen MR) is 272 cm³/mol. The molecule has 0 aliphatic heterocycles. The van der Waals surface area contributed by atoms with E-state index >= 15 is 0 Å². The number of thiophene rings is 1. The Bertz CT molecular complexity index is 3830. The normalized spacial score (nSPS) is 12.3. The monoisotopic (exact) mass is 865 g/mol. The first-order chi connectivity index (χ1) is 32.3. The lowest BCUT2D eigenvalue weighted by molar-refractivity contribution is 0.670. The molecule has 0 fully saturated rings. The molecule has 8 heteroatoms. The van der Waals surface area contributed by atoms with Gasteiger partial charge in [-0.2, -0.15) is 0 Å². The average molecular weight is 866 g/mol. The molecule has 0 N–H and O–H groups in total. The topological polar surface area (TPSA) is 61.7 Å². The van der Waals surface area contributed by atoms with Gasteiger partial charge in [0.1, 0.15) is 5.58 Å². The van der Waals surface area contributed by atoms with Crippen LogP contribution in [0.2, 0.25) is 0 Å². The van der Waals surface area contributed by atoms with Gasteiger partial charge in [0.05, 0.1) is 42.9 Å². The Morgan fingerprint density at radius 2 is 0.954 bits per heavy atom. The van der Waals surface area contributed by atoms with Gasteiger partial charge in [0.15, 0.2) is 5.58 Å².